The molecule has 0 saturated heterocycles. The van der Waals surface area contributed by atoms with Gasteiger partial charge in [0.2, 0.25) is 0 Å². The number of hydrogen-bond acceptors (Lipinski definition) is 6. The maximum absolute atomic E-state index is 12.7. The monoisotopic (exact) mass is 313 g/mol. The van der Waals surface area contributed by atoms with Crippen molar-refractivity contribution in [3.63, 3.8) is 0 Å². The van der Waals surface area contributed by atoms with Gasteiger partial charge in [0, 0.05) is 12.2 Å². The highest BCUT2D eigenvalue weighted by Gasteiger charge is 2.16. The first-order chi connectivity index (χ1) is 10.7. The van der Waals surface area contributed by atoms with E-state index in [9.17, 15) is 4.79 Å². The van der Waals surface area contributed by atoms with E-state index in [1.165, 1.54) is 28.6 Å². The van der Waals surface area contributed by atoms with E-state index in [-0.39, 0.29) is 5.56 Å². The third kappa shape index (κ3) is 2.19. The molecule has 0 aliphatic rings. The Hall–Kier alpha value is -2.54. The van der Waals surface area contributed by atoms with Crippen molar-refractivity contribution in [1.82, 2.24) is 19.5 Å². The number of allylic oxidation sites excluding steroid dienone is 3. The smallest absolute Gasteiger partial charge is 0.275 e. The van der Waals surface area contributed by atoms with E-state index in [1.807, 2.05) is 13.8 Å². The third-order valence-corrected chi connectivity index (χ3v) is 4.34. The van der Waals surface area contributed by atoms with Gasteiger partial charge in [0.05, 0.1) is 5.39 Å². The minimum Gasteiger partial charge on any atom is -0.370 e. The van der Waals surface area contributed by atoms with Gasteiger partial charge in [0.1, 0.15) is 33.5 Å². The second kappa shape index (κ2) is 5.69. The standard InChI is InChI=1S/C15H15N5OS/c1-4-6-9(3)20-8-19-11-10-13(16-5-2)17-7-18-14(10)22-12(11)15(20)21/h4,6-8H,1,5H2,2-3H3,(H,16,17,18)/b9-6+. The lowest BCUT2D eigenvalue weighted by Crippen LogP contribution is -2.17. The molecule has 3 aromatic heterocycles. The van der Waals surface area contributed by atoms with Crippen molar-refractivity contribution in [3.05, 3.63) is 41.7 Å². The average Bonchev–Trinajstić information content (AvgIpc) is 2.89. The summed E-state index contributed by atoms with van der Waals surface area (Å²) in [6.45, 7) is 8.22. The van der Waals surface area contributed by atoms with Crippen LogP contribution in [0.3, 0.4) is 0 Å². The number of thiophene rings is 1. The molecule has 112 valence electrons. The van der Waals surface area contributed by atoms with Crippen LogP contribution in [0, 0.1) is 0 Å². The van der Waals surface area contributed by atoms with Crippen LogP contribution in [0.5, 0.6) is 0 Å². The largest absolute Gasteiger partial charge is 0.370 e. The SMILES string of the molecule is C=C/C=C(\C)n1cnc2c(sc3ncnc(NCC)c32)c1=O. The van der Waals surface area contributed by atoms with Crippen LogP contribution in [0.15, 0.2) is 36.2 Å². The van der Waals surface area contributed by atoms with Crippen molar-refractivity contribution < 1.29 is 0 Å². The van der Waals surface area contributed by atoms with Crippen LogP contribution < -0.4 is 10.9 Å². The number of rotatable bonds is 4. The lowest BCUT2D eigenvalue weighted by atomic mass is 10.3. The molecule has 0 saturated carbocycles. The fourth-order valence-corrected chi connectivity index (χ4v) is 3.29. The maximum atomic E-state index is 12.7. The Kier molecular flexibility index (Phi) is 3.72. The summed E-state index contributed by atoms with van der Waals surface area (Å²) < 4.78 is 2.09. The molecule has 1 N–H and O–H groups in total. The Bertz CT molecular complexity index is 954. The van der Waals surface area contributed by atoms with Gasteiger partial charge < -0.3 is 5.32 Å². The van der Waals surface area contributed by atoms with Crippen LogP contribution in [0.4, 0.5) is 5.82 Å². The summed E-state index contributed by atoms with van der Waals surface area (Å²) in [6, 6.07) is 0. The molecule has 0 fully saturated rings. The van der Waals surface area contributed by atoms with Gasteiger partial charge in [0.25, 0.3) is 5.56 Å². The van der Waals surface area contributed by atoms with Gasteiger partial charge in [-0.2, -0.15) is 0 Å². The Morgan fingerprint density at radius 1 is 1.45 bits per heavy atom. The number of aromatic nitrogens is 4. The van der Waals surface area contributed by atoms with Crippen molar-refractivity contribution in [2.45, 2.75) is 13.8 Å². The van der Waals surface area contributed by atoms with Gasteiger partial charge >= 0.3 is 0 Å². The number of anilines is 1. The average molecular weight is 313 g/mol. The van der Waals surface area contributed by atoms with Crippen LogP contribution >= 0.6 is 11.3 Å². The van der Waals surface area contributed by atoms with Crippen LogP contribution in [-0.2, 0) is 0 Å². The zero-order valence-corrected chi connectivity index (χ0v) is 13.1. The molecular formula is C15H15N5OS. The number of nitrogens with one attached hydrogen (secondary N) is 1. The molecule has 3 rings (SSSR count). The molecule has 0 amide bonds. The first kappa shape index (κ1) is 14.4. The normalized spacial score (nSPS) is 12.0. The van der Waals surface area contributed by atoms with Crippen LogP contribution in [-0.4, -0.2) is 26.1 Å². The van der Waals surface area contributed by atoms with Crippen molar-refractivity contribution in [1.29, 1.82) is 0 Å². The number of hydrogen-bond donors (Lipinski definition) is 1. The van der Waals surface area contributed by atoms with Gasteiger partial charge in [-0.3, -0.25) is 9.36 Å². The van der Waals surface area contributed by atoms with Crippen molar-refractivity contribution in [3.8, 4) is 0 Å². The van der Waals surface area contributed by atoms with Gasteiger partial charge in [-0.25, -0.2) is 15.0 Å². The summed E-state index contributed by atoms with van der Waals surface area (Å²) in [5.74, 6) is 0.710. The van der Waals surface area contributed by atoms with Gasteiger partial charge in [-0.15, -0.1) is 11.3 Å². The Labute approximate surface area is 130 Å². The minimum absolute atomic E-state index is 0.106. The lowest BCUT2D eigenvalue weighted by Gasteiger charge is -2.05. The van der Waals surface area contributed by atoms with E-state index in [0.717, 1.165) is 22.5 Å². The molecule has 0 spiro atoms. The van der Waals surface area contributed by atoms with Crippen molar-refractivity contribution in [2.24, 2.45) is 0 Å². The van der Waals surface area contributed by atoms with Crippen LogP contribution in [0.1, 0.15) is 13.8 Å². The molecule has 0 aliphatic heterocycles. The first-order valence-corrected chi connectivity index (χ1v) is 7.67. The molecule has 0 aliphatic carbocycles. The topological polar surface area (TPSA) is 72.7 Å². The van der Waals surface area contributed by atoms with Crippen LogP contribution in [0.25, 0.3) is 26.1 Å². The molecule has 3 heterocycles. The van der Waals surface area contributed by atoms with Crippen molar-refractivity contribution >= 4 is 43.3 Å². The fourth-order valence-electron chi connectivity index (χ4n) is 2.27. The maximum Gasteiger partial charge on any atom is 0.275 e. The van der Waals surface area contributed by atoms with E-state index in [0.29, 0.717) is 16.0 Å². The molecular weight excluding hydrogens is 298 g/mol. The van der Waals surface area contributed by atoms with Gasteiger partial charge in [-0.05, 0) is 19.9 Å². The molecule has 3 aromatic rings. The van der Waals surface area contributed by atoms with Gasteiger partial charge in [0.15, 0.2) is 0 Å². The number of nitrogens with zero attached hydrogens (tertiary/aromatic N) is 4. The summed E-state index contributed by atoms with van der Waals surface area (Å²) in [4.78, 5) is 26.4. The minimum atomic E-state index is -0.106. The predicted molar refractivity (Wildman–Crippen MR) is 91.3 cm³/mol. The summed E-state index contributed by atoms with van der Waals surface area (Å²) in [5, 5.41) is 3.99. The Morgan fingerprint density at radius 3 is 3.00 bits per heavy atom. The highest BCUT2D eigenvalue weighted by molar-refractivity contribution is 7.25. The lowest BCUT2D eigenvalue weighted by molar-refractivity contribution is 0.983. The zero-order chi connectivity index (χ0) is 15.7. The zero-order valence-electron chi connectivity index (χ0n) is 12.3. The molecule has 0 radical (unpaired) electrons. The summed E-state index contributed by atoms with van der Waals surface area (Å²) >= 11 is 1.34. The molecule has 0 aromatic carbocycles. The summed E-state index contributed by atoms with van der Waals surface area (Å²) in [7, 11) is 0. The predicted octanol–water partition coefficient (Wildman–Crippen LogP) is 2.88. The summed E-state index contributed by atoms with van der Waals surface area (Å²) in [6.07, 6.45) is 6.45. The molecule has 7 heteroatoms. The highest BCUT2D eigenvalue weighted by Crippen LogP contribution is 2.32. The van der Waals surface area contributed by atoms with E-state index < -0.39 is 0 Å². The molecule has 0 bridgehead atoms. The highest BCUT2D eigenvalue weighted by atomic mass is 32.1. The second-order valence-corrected chi connectivity index (χ2v) is 5.68. The van der Waals surface area contributed by atoms with Crippen LogP contribution in [0.2, 0.25) is 0 Å². The van der Waals surface area contributed by atoms with E-state index >= 15 is 0 Å². The van der Waals surface area contributed by atoms with E-state index in [2.05, 4.69) is 26.8 Å². The van der Waals surface area contributed by atoms with Gasteiger partial charge in [-0.1, -0.05) is 12.7 Å². The molecule has 6 nitrogen and oxygen atoms in total. The Morgan fingerprint density at radius 2 is 2.27 bits per heavy atom. The van der Waals surface area contributed by atoms with E-state index in [4.69, 9.17) is 0 Å². The first-order valence-electron chi connectivity index (χ1n) is 6.85. The summed E-state index contributed by atoms with van der Waals surface area (Å²) in [5.41, 5.74) is 1.31. The molecule has 0 unspecified atom stereocenters. The fraction of sp³-hybridized carbons (Fsp3) is 0.200. The molecule has 22 heavy (non-hydrogen) atoms. The Balaban J connectivity index is 2.36. The second-order valence-electron chi connectivity index (χ2n) is 4.68. The molecule has 0 atom stereocenters. The quantitative estimate of drug-likeness (QED) is 0.750. The third-order valence-electron chi connectivity index (χ3n) is 3.26. The number of fused-ring (bicyclic) bond motifs is 3. The van der Waals surface area contributed by atoms with Crippen molar-refractivity contribution in [2.75, 3.05) is 11.9 Å². The van der Waals surface area contributed by atoms with E-state index in [1.54, 1.807) is 12.2 Å².